The zero-order valence-corrected chi connectivity index (χ0v) is 13.2. The minimum atomic E-state index is 0.841. The Kier molecular flexibility index (Phi) is 3.92. The maximum atomic E-state index is 4.77. The SMILES string of the molecule is c1cnc(N2CCN(c3nccc(N4CCCC4)n3)CC2)cn1. The highest BCUT2D eigenvalue weighted by molar-refractivity contribution is 5.46. The van der Waals surface area contributed by atoms with Crippen molar-refractivity contribution < 1.29 is 0 Å². The van der Waals surface area contributed by atoms with Gasteiger partial charge in [0.1, 0.15) is 11.6 Å². The second kappa shape index (κ2) is 6.36. The van der Waals surface area contributed by atoms with Crippen LogP contribution in [-0.2, 0) is 0 Å². The van der Waals surface area contributed by atoms with Crippen LogP contribution in [0.15, 0.2) is 30.9 Å². The molecule has 2 fully saturated rings. The maximum Gasteiger partial charge on any atom is 0.227 e. The van der Waals surface area contributed by atoms with Crippen molar-refractivity contribution in [3.8, 4) is 0 Å². The molecule has 0 radical (unpaired) electrons. The molecule has 0 saturated carbocycles. The van der Waals surface area contributed by atoms with Gasteiger partial charge in [-0.05, 0) is 18.9 Å². The van der Waals surface area contributed by atoms with E-state index in [2.05, 4.69) is 29.7 Å². The molecule has 0 aliphatic carbocycles. The van der Waals surface area contributed by atoms with Crippen molar-refractivity contribution in [2.75, 3.05) is 54.0 Å². The molecule has 2 aliphatic rings. The van der Waals surface area contributed by atoms with Gasteiger partial charge in [0.15, 0.2) is 0 Å². The Bertz CT molecular complexity index is 634. The fraction of sp³-hybridized carbons (Fsp3) is 0.500. The molecule has 7 heteroatoms. The second-order valence-corrected chi connectivity index (χ2v) is 5.95. The van der Waals surface area contributed by atoms with Crippen LogP contribution in [0, 0.1) is 0 Å². The summed E-state index contributed by atoms with van der Waals surface area (Å²) in [5, 5.41) is 0. The van der Waals surface area contributed by atoms with E-state index < -0.39 is 0 Å². The van der Waals surface area contributed by atoms with Crippen LogP contribution < -0.4 is 14.7 Å². The lowest BCUT2D eigenvalue weighted by Crippen LogP contribution is -2.47. The Morgan fingerprint density at radius 3 is 2.17 bits per heavy atom. The summed E-state index contributed by atoms with van der Waals surface area (Å²) in [4.78, 5) is 24.6. The molecule has 2 saturated heterocycles. The number of rotatable bonds is 3. The van der Waals surface area contributed by atoms with Gasteiger partial charge in [0.05, 0.1) is 6.20 Å². The van der Waals surface area contributed by atoms with Crippen molar-refractivity contribution in [1.82, 2.24) is 19.9 Å². The fourth-order valence-electron chi connectivity index (χ4n) is 3.20. The van der Waals surface area contributed by atoms with E-state index in [0.717, 1.165) is 56.9 Å². The lowest BCUT2D eigenvalue weighted by atomic mass is 10.3. The summed E-state index contributed by atoms with van der Waals surface area (Å²) in [7, 11) is 0. The molecule has 2 aromatic heterocycles. The van der Waals surface area contributed by atoms with Gasteiger partial charge in [0.2, 0.25) is 5.95 Å². The van der Waals surface area contributed by atoms with Crippen molar-refractivity contribution in [1.29, 1.82) is 0 Å². The van der Waals surface area contributed by atoms with E-state index in [1.54, 1.807) is 12.4 Å². The average Bonchev–Trinajstić information content (AvgIpc) is 3.18. The molecule has 0 bridgehead atoms. The molecule has 120 valence electrons. The van der Waals surface area contributed by atoms with E-state index >= 15 is 0 Å². The van der Waals surface area contributed by atoms with Gasteiger partial charge in [-0.2, -0.15) is 4.98 Å². The van der Waals surface area contributed by atoms with Crippen molar-refractivity contribution in [3.63, 3.8) is 0 Å². The molecule has 2 aliphatic heterocycles. The first kappa shape index (κ1) is 14.2. The summed E-state index contributed by atoms with van der Waals surface area (Å²) in [6, 6.07) is 2.02. The molecule has 4 heterocycles. The normalized spacial score (nSPS) is 18.5. The van der Waals surface area contributed by atoms with Crippen LogP contribution in [0.1, 0.15) is 12.8 Å². The first-order chi connectivity index (χ1) is 11.4. The molecule has 2 aromatic rings. The number of anilines is 3. The maximum absolute atomic E-state index is 4.77. The first-order valence-electron chi connectivity index (χ1n) is 8.24. The highest BCUT2D eigenvalue weighted by atomic mass is 15.3. The molecular formula is C16H21N7. The lowest BCUT2D eigenvalue weighted by Gasteiger charge is -2.35. The first-order valence-corrected chi connectivity index (χ1v) is 8.24. The highest BCUT2D eigenvalue weighted by Gasteiger charge is 2.21. The predicted molar refractivity (Wildman–Crippen MR) is 89.9 cm³/mol. The number of hydrogen-bond acceptors (Lipinski definition) is 7. The standard InChI is InChI=1S/C16H21N7/c1-2-8-21(7-1)14-3-4-19-16(20-14)23-11-9-22(10-12-23)15-13-17-5-6-18-15/h3-6,13H,1-2,7-12H2. The summed E-state index contributed by atoms with van der Waals surface area (Å²) in [6.07, 6.45) is 9.67. The van der Waals surface area contributed by atoms with Crippen molar-refractivity contribution in [2.45, 2.75) is 12.8 Å². The van der Waals surface area contributed by atoms with Crippen LogP contribution >= 0.6 is 0 Å². The Morgan fingerprint density at radius 1 is 0.696 bits per heavy atom. The van der Waals surface area contributed by atoms with E-state index in [1.807, 2.05) is 18.5 Å². The molecule has 23 heavy (non-hydrogen) atoms. The molecule has 7 nitrogen and oxygen atoms in total. The van der Waals surface area contributed by atoms with Crippen molar-refractivity contribution >= 4 is 17.6 Å². The van der Waals surface area contributed by atoms with Crippen LogP contribution in [0.4, 0.5) is 17.6 Å². The summed E-state index contributed by atoms with van der Waals surface area (Å²) in [5.74, 6) is 2.84. The number of nitrogens with zero attached hydrogens (tertiary/aromatic N) is 7. The average molecular weight is 311 g/mol. The van der Waals surface area contributed by atoms with Gasteiger partial charge >= 0.3 is 0 Å². The topological polar surface area (TPSA) is 61.3 Å². The fourth-order valence-corrected chi connectivity index (χ4v) is 3.20. The summed E-state index contributed by atoms with van der Waals surface area (Å²) in [6.45, 7) is 5.85. The quantitative estimate of drug-likeness (QED) is 0.844. The third kappa shape index (κ3) is 3.04. The van der Waals surface area contributed by atoms with E-state index in [9.17, 15) is 0 Å². The Hall–Kier alpha value is -2.44. The van der Waals surface area contributed by atoms with E-state index in [4.69, 9.17) is 4.98 Å². The van der Waals surface area contributed by atoms with Crippen LogP contribution in [0.5, 0.6) is 0 Å². The Labute approximate surface area is 136 Å². The summed E-state index contributed by atoms with van der Waals surface area (Å²) >= 11 is 0. The number of piperazine rings is 1. The van der Waals surface area contributed by atoms with Gasteiger partial charge < -0.3 is 14.7 Å². The third-order valence-electron chi connectivity index (χ3n) is 4.49. The Morgan fingerprint density at radius 2 is 1.43 bits per heavy atom. The Balaban J connectivity index is 1.43. The van der Waals surface area contributed by atoms with Gasteiger partial charge in [-0.25, -0.2) is 9.97 Å². The minimum Gasteiger partial charge on any atom is -0.356 e. The highest BCUT2D eigenvalue weighted by Crippen LogP contribution is 2.21. The van der Waals surface area contributed by atoms with E-state index in [-0.39, 0.29) is 0 Å². The molecule has 4 rings (SSSR count). The molecule has 0 amide bonds. The van der Waals surface area contributed by atoms with Gasteiger partial charge in [-0.15, -0.1) is 0 Å². The molecule has 0 aromatic carbocycles. The number of hydrogen-bond donors (Lipinski definition) is 0. The zero-order chi connectivity index (χ0) is 15.5. The van der Waals surface area contributed by atoms with Crippen molar-refractivity contribution in [2.24, 2.45) is 0 Å². The predicted octanol–water partition coefficient (Wildman–Crippen LogP) is 1.19. The van der Waals surface area contributed by atoms with Crippen molar-refractivity contribution in [3.05, 3.63) is 30.9 Å². The van der Waals surface area contributed by atoms with Crippen LogP contribution in [-0.4, -0.2) is 59.2 Å². The smallest absolute Gasteiger partial charge is 0.227 e. The summed E-state index contributed by atoms with van der Waals surface area (Å²) < 4.78 is 0. The van der Waals surface area contributed by atoms with E-state index in [0.29, 0.717) is 0 Å². The molecule has 0 atom stereocenters. The minimum absolute atomic E-state index is 0.841. The largest absolute Gasteiger partial charge is 0.356 e. The third-order valence-corrected chi connectivity index (χ3v) is 4.49. The van der Waals surface area contributed by atoms with Crippen LogP contribution in [0.3, 0.4) is 0 Å². The second-order valence-electron chi connectivity index (χ2n) is 5.95. The van der Waals surface area contributed by atoms with Gasteiger partial charge in [-0.1, -0.05) is 0 Å². The van der Waals surface area contributed by atoms with Gasteiger partial charge in [0.25, 0.3) is 0 Å². The molecular weight excluding hydrogens is 290 g/mol. The van der Waals surface area contributed by atoms with Crippen LogP contribution in [0.2, 0.25) is 0 Å². The van der Waals surface area contributed by atoms with E-state index in [1.165, 1.54) is 12.8 Å². The lowest BCUT2D eigenvalue weighted by molar-refractivity contribution is 0.633. The zero-order valence-electron chi connectivity index (χ0n) is 13.2. The molecule has 0 N–H and O–H groups in total. The summed E-state index contributed by atoms with van der Waals surface area (Å²) in [5.41, 5.74) is 0. The van der Waals surface area contributed by atoms with Crippen LogP contribution in [0.25, 0.3) is 0 Å². The van der Waals surface area contributed by atoms with Gasteiger partial charge in [0, 0.05) is 57.9 Å². The number of aromatic nitrogens is 4. The molecule has 0 unspecified atom stereocenters. The molecule has 0 spiro atoms. The monoisotopic (exact) mass is 311 g/mol. The van der Waals surface area contributed by atoms with Gasteiger partial charge in [-0.3, -0.25) is 4.98 Å².